The Kier molecular flexibility index (Phi) is 6.92. The minimum atomic E-state index is -2.92. The Labute approximate surface area is 116 Å². The second-order valence-corrected chi connectivity index (χ2v) is 8.07. The molecule has 1 fully saturated rings. The lowest BCUT2D eigenvalue weighted by Gasteiger charge is -2.31. The van der Waals surface area contributed by atoms with Crippen LogP contribution in [0.4, 0.5) is 0 Å². The van der Waals surface area contributed by atoms with E-state index in [1.165, 1.54) is 0 Å². The van der Waals surface area contributed by atoms with Gasteiger partial charge in [0.05, 0.1) is 23.7 Å². The highest BCUT2D eigenvalue weighted by molar-refractivity contribution is 7.92. The van der Waals surface area contributed by atoms with E-state index in [9.17, 15) is 8.42 Å². The molecule has 0 aliphatic carbocycles. The molecule has 0 saturated carbocycles. The zero-order chi connectivity index (χ0) is 13.6. The highest BCUT2D eigenvalue weighted by Crippen LogP contribution is 2.14. The lowest BCUT2D eigenvalue weighted by Crippen LogP contribution is -2.40. The Balaban J connectivity index is 2.24. The van der Waals surface area contributed by atoms with Gasteiger partial charge in [0, 0.05) is 25.5 Å². The zero-order valence-electron chi connectivity index (χ0n) is 11.3. The molecule has 0 aromatic carbocycles. The van der Waals surface area contributed by atoms with Crippen molar-refractivity contribution in [3.8, 4) is 0 Å². The SMILES string of the molecule is CC(C)S(=O)(=O)CCN1CCC(OCCCl)CC1. The molecule has 1 heterocycles. The Bertz CT molecular complexity index is 324. The summed E-state index contributed by atoms with van der Waals surface area (Å²) in [6.07, 6.45) is 2.23. The number of hydrogen-bond acceptors (Lipinski definition) is 4. The molecule has 0 radical (unpaired) electrons. The van der Waals surface area contributed by atoms with E-state index in [-0.39, 0.29) is 11.0 Å². The molecule has 6 heteroatoms. The predicted octanol–water partition coefficient (Wildman–Crippen LogP) is 1.53. The van der Waals surface area contributed by atoms with Crippen LogP contribution in [0.15, 0.2) is 0 Å². The number of piperidine rings is 1. The number of alkyl halides is 1. The van der Waals surface area contributed by atoms with Gasteiger partial charge in [0.15, 0.2) is 9.84 Å². The second-order valence-electron chi connectivity index (χ2n) is 5.02. The Hall–Kier alpha value is 0.160. The molecular formula is C12H24ClNO3S. The minimum Gasteiger partial charge on any atom is -0.377 e. The summed E-state index contributed by atoms with van der Waals surface area (Å²) in [6, 6.07) is 0. The van der Waals surface area contributed by atoms with E-state index in [4.69, 9.17) is 16.3 Å². The van der Waals surface area contributed by atoms with E-state index in [2.05, 4.69) is 4.90 Å². The van der Waals surface area contributed by atoms with E-state index in [1.54, 1.807) is 13.8 Å². The standard InChI is InChI=1S/C12H24ClNO3S/c1-11(2)18(15,16)10-8-14-6-3-12(4-7-14)17-9-5-13/h11-12H,3-10H2,1-2H3. The van der Waals surface area contributed by atoms with Crippen molar-refractivity contribution >= 4 is 21.4 Å². The molecule has 1 aliphatic heterocycles. The van der Waals surface area contributed by atoms with Crippen LogP contribution in [0, 0.1) is 0 Å². The van der Waals surface area contributed by atoms with Crippen LogP contribution in [0.3, 0.4) is 0 Å². The molecular weight excluding hydrogens is 274 g/mol. The van der Waals surface area contributed by atoms with Gasteiger partial charge in [-0.1, -0.05) is 0 Å². The van der Waals surface area contributed by atoms with Gasteiger partial charge in [0.25, 0.3) is 0 Å². The Morgan fingerprint density at radius 3 is 2.44 bits per heavy atom. The maximum Gasteiger partial charge on any atom is 0.153 e. The number of hydrogen-bond donors (Lipinski definition) is 0. The van der Waals surface area contributed by atoms with Crippen molar-refractivity contribution in [3.63, 3.8) is 0 Å². The summed E-state index contributed by atoms with van der Waals surface area (Å²) >= 11 is 5.58. The highest BCUT2D eigenvalue weighted by Gasteiger charge is 2.22. The molecule has 1 aliphatic rings. The summed E-state index contributed by atoms with van der Waals surface area (Å²) in [5.74, 6) is 0.796. The van der Waals surface area contributed by atoms with Crippen LogP contribution in [-0.2, 0) is 14.6 Å². The summed E-state index contributed by atoms with van der Waals surface area (Å²) in [5.41, 5.74) is 0. The first-order valence-electron chi connectivity index (χ1n) is 6.57. The third-order valence-corrected chi connectivity index (χ3v) is 5.72. The molecule has 0 atom stereocenters. The van der Waals surface area contributed by atoms with Crippen LogP contribution in [0.5, 0.6) is 0 Å². The Morgan fingerprint density at radius 2 is 1.94 bits per heavy atom. The van der Waals surface area contributed by atoms with E-state index in [0.717, 1.165) is 25.9 Å². The number of nitrogens with zero attached hydrogens (tertiary/aromatic N) is 1. The maximum absolute atomic E-state index is 11.7. The fourth-order valence-corrected chi connectivity index (χ4v) is 3.08. The number of ether oxygens (including phenoxy) is 1. The fourth-order valence-electron chi connectivity index (χ4n) is 2.00. The second kappa shape index (κ2) is 7.68. The van der Waals surface area contributed by atoms with Crippen molar-refractivity contribution < 1.29 is 13.2 Å². The zero-order valence-corrected chi connectivity index (χ0v) is 12.8. The third kappa shape index (κ3) is 5.43. The average molecular weight is 298 g/mol. The van der Waals surface area contributed by atoms with Gasteiger partial charge in [-0.2, -0.15) is 0 Å². The van der Waals surface area contributed by atoms with Crippen LogP contribution in [0.2, 0.25) is 0 Å². The molecule has 0 aromatic heterocycles. The predicted molar refractivity (Wildman–Crippen MR) is 75.1 cm³/mol. The molecule has 0 spiro atoms. The molecule has 0 amide bonds. The summed E-state index contributed by atoms with van der Waals surface area (Å²) in [4.78, 5) is 2.21. The smallest absolute Gasteiger partial charge is 0.153 e. The fraction of sp³-hybridized carbons (Fsp3) is 1.00. The molecule has 1 rings (SSSR count). The van der Waals surface area contributed by atoms with Gasteiger partial charge in [-0.05, 0) is 26.7 Å². The monoisotopic (exact) mass is 297 g/mol. The highest BCUT2D eigenvalue weighted by atomic mass is 35.5. The number of sulfone groups is 1. The summed E-state index contributed by atoms with van der Waals surface area (Å²) in [6.45, 7) is 6.56. The first-order chi connectivity index (χ1) is 8.45. The van der Waals surface area contributed by atoms with Gasteiger partial charge in [-0.15, -0.1) is 11.6 Å². The first kappa shape index (κ1) is 16.2. The molecule has 1 saturated heterocycles. The average Bonchev–Trinajstić information content (AvgIpc) is 2.35. The molecule has 0 unspecified atom stereocenters. The molecule has 4 nitrogen and oxygen atoms in total. The van der Waals surface area contributed by atoms with E-state index >= 15 is 0 Å². The largest absolute Gasteiger partial charge is 0.377 e. The van der Waals surface area contributed by atoms with E-state index < -0.39 is 9.84 Å². The Morgan fingerprint density at radius 1 is 1.33 bits per heavy atom. The van der Waals surface area contributed by atoms with Gasteiger partial charge in [0.2, 0.25) is 0 Å². The lowest BCUT2D eigenvalue weighted by atomic mass is 10.1. The molecule has 108 valence electrons. The maximum atomic E-state index is 11.7. The van der Waals surface area contributed by atoms with Crippen LogP contribution < -0.4 is 0 Å². The van der Waals surface area contributed by atoms with Gasteiger partial charge in [-0.3, -0.25) is 0 Å². The van der Waals surface area contributed by atoms with Crippen molar-refractivity contribution in [2.45, 2.75) is 38.0 Å². The van der Waals surface area contributed by atoms with E-state index in [1.807, 2.05) is 0 Å². The number of likely N-dealkylation sites (tertiary alicyclic amines) is 1. The summed E-state index contributed by atoms with van der Waals surface area (Å²) in [7, 11) is -2.92. The topological polar surface area (TPSA) is 46.6 Å². The van der Waals surface area contributed by atoms with Gasteiger partial charge < -0.3 is 9.64 Å². The minimum absolute atomic E-state index is 0.262. The van der Waals surface area contributed by atoms with Gasteiger partial charge in [0.1, 0.15) is 0 Å². The van der Waals surface area contributed by atoms with E-state index in [0.29, 0.717) is 25.1 Å². The van der Waals surface area contributed by atoms with Crippen molar-refractivity contribution in [1.29, 1.82) is 0 Å². The third-order valence-electron chi connectivity index (χ3n) is 3.38. The normalized spacial score (nSPS) is 19.6. The van der Waals surface area contributed by atoms with Gasteiger partial charge >= 0.3 is 0 Å². The van der Waals surface area contributed by atoms with Crippen LogP contribution in [0.25, 0.3) is 0 Å². The quantitative estimate of drug-likeness (QED) is 0.669. The molecule has 18 heavy (non-hydrogen) atoms. The van der Waals surface area contributed by atoms with Crippen molar-refractivity contribution in [1.82, 2.24) is 4.90 Å². The molecule has 0 aromatic rings. The van der Waals surface area contributed by atoms with Crippen molar-refractivity contribution in [3.05, 3.63) is 0 Å². The van der Waals surface area contributed by atoms with Crippen LogP contribution >= 0.6 is 11.6 Å². The van der Waals surface area contributed by atoms with Gasteiger partial charge in [-0.25, -0.2) is 8.42 Å². The van der Waals surface area contributed by atoms with Crippen LogP contribution in [-0.4, -0.2) is 62.5 Å². The first-order valence-corrected chi connectivity index (χ1v) is 8.82. The molecule has 0 N–H and O–H groups in total. The lowest BCUT2D eigenvalue weighted by molar-refractivity contribution is 0.0166. The van der Waals surface area contributed by atoms with Crippen LogP contribution in [0.1, 0.15) is 26.7 Å². The van der Waals surface area contributed by atoms with Crippen molar-refractivity contribution in [2.24, 2.45) is 0 Å². The van der Waals surface area contributed by atoms with Crippen molar-refractivity contribution in [2.75, 3.05) is 37.9 Å². The number of rotatable bonds is 7. The summed E-state index contributed by atoms with van der Waals surface area (Å²) in [5, 5.41) is -0.276. The number of halogens is 1. The molecule has 0 bridgehead atoms. The summed E-state index contributed by atoms with van der Waals surface area (Å²) < 4.78 is 29.0.